The zero-order valence-corrected chi connectivity index (χ0v) is 8.90. The van der Waals surface area contributed by atoms with Gasteiger partial charge in [-0.1, -0.05) is 12.1 Å². The van der Waals surface area contributed by atoms with Crippen LogP contribution in [0.3, 0.4) is 0 Å². The first kappa shape index (κ1) is 12.1. The van der Waals surface area contributed by atoms with Crippen molar-refractivity contribution in [3.8, 4) is 0 Å². The van der Waals surface area contributed by atoms with Crippen LogP contribution in [0.2, 0.25) is 0 Å². The van der Waals surface area contributed by atoms with Gasteiger partial charge in [-0.05, 0) is 12.5 Å². The van der Waals surface area contributed by atoms with Gasteiger partial charge in [-0.3, -0.25) is 14.9 Å². The number of nitrogens with one attached hydrogen (secondary N) is 1. The number of nitrogens with two attached hydrogens (primary N) is 1. The lowest BCUT2D eigenvalue weighted by Crippen LogP contribution is -2.28. The summed E-state index contributed by atoms with van der Waals surface area (Å²) in [7, 11) is 0. The molecule has 0 aliphatic carbocycles. The molecule has 0 aromatic heterocycles. The molecule has 0 aliphatic rings. The van der Waals surface area contributed by atoms with E-state index in [4.69, 9.17) is 5.73 Å². The van der Waals surface area contributed by atoms with Crippen LogP contribution in [0.25, 0.3) is 0 Å². The molecule has 1 amide bonds. The molecule has 0 atom stereocenters. The lowest BCUT2D eigenvalue weighted by Gasteiger charge is -2.06. The lowest BCUT2D eigenvalue weighted by molar-refractivity contribution is -0.385. The van der Waals surface area contributed by atoms with Crippen molar-refractivity contribution in [2.24, 2.45) is 5.73 Å². The van der Waals surface area contributed by atoms with E-state index in [0.717, 1.165) is 5.56 Å². The van der Waals surface area contributed by atoms with Crippen LogP contribution in [0.4, 0.5) is 5.69 Å². The summed E-state index contributed by atoms with van der Waals surface area (Å²) in [6, 6.07) is 4.84. The minimum absolute atomic E-state index is 0.0577. The molecule has 1 aromatic carbocycles. The number of hydrogen-bond acceptors (Lipinski definition) is 4. The van der Waals surface area contributed by atoms with Gasteiger partial charge in [0.05, 0.1) is 11.5 Å². The van der Waals surface area contributed by atoms with Crippen LogP contribution >= 0.6 is 0 Å². The quantitative estimate of drug-likeness (QED) is 0.560. The summed E-state index contributed by atoms with van der Waals surface area (Å²) < 4.78 is 0. The summed E-state index contributed by atoms with van der Waals surface area (Å²) in [6.45, 7) is 2.12. The highest BCUT2D eigenvalue weighted by Crippen LogP contribution is 2.20. The fourth-order valence-electron chi connectivity index (χ4n) is 1.38. The Bertz CT molecular complexity index is 418. The van der Waals surface area contributed by atoms with Crippen LogP contribution in [-0.2, 0) is 11.3 Å². The molecule has 0 unspecified atom stereocenters. The van der Waals surface area contributed by atoms with Gasteiger partial charge in [0.25, 0.3) is 5.69 Å². The lowest BCUT2D eigenvalue weighted by atomic mass is 10.1. The van der Waals surface area contributed by atoms with E-state index in [1.54, 1.807) is 19.1 Å². The average Bonchev–Trinajstić information content (AvgIpc) is 2.19. The van der Waals surface area contributed by atoms with E-state index in [1.807, 2.05) is 0 Å². The van der Waals surface area contributed by atoms with Crippen molar-refractivity contribution in [2.75, 3.05) is 6.54 Å². The van der Waals surface area contributed by atoms with Gasteiger partial charge in [-0.25, -0.2) is 0 Å². The number of primary amides is 1. The fraction of sp³-hybridized carbons (Fsp3) is 0.300. The van der Waals surface area contributed by atoms with Gasteiger partial charge >= 0.3 is 0 Å². The standard InChI is InChI=1S/C10H13N3O3/c1-7-8(5-12-6-10(11)14)3-2-4-9(7)13(15)16/h2-4,12H,5-6H2,1H3,(H2,11,14). The van der Waals surface area contributed by atoms with Crippen LogP contribution < -0.4 is 11.1 Å². The topological polar surface area (TPSA) is 98.3 Å². The highest BCUT2D eigenvalue weighted by molar-refractivity contribution is 5.75. The van der Waals surface area contributed by atoms with Crippen LogP contribution in [0.1, 0.15) is 11.1 Å². The largest absolute Gasteiger partial charge is 0.369 e. The number of nitro groups is 1. The summed E-state index contributed by atoms with van der Waals surface area (Å²) in [4.78, 5) is 20.7. The molecule has 86 valence electrons. The van der Waals surface area contributed by atoms with E-state index in [1.165, 1.54) is 6.07 Å². The minimum Gasteiger partial charge on any atom is -0.369 e. The third-order valence-corrected chi connectivity index (χ3v) is 2.23. The number of carbonyl (C=O) groups excluding carboxylic acids is 1. The molecule has 0 fully saturated rings. The van der Waals surface area contributed by atoms with Gasteiger partial charge in [0.1, 0.15) is 0 Å². The van der Waals surface area contributed by atoms with Crippen molar-refractivity contribution in [3.05, 3.63) is 39.4 Å². The predicted octanol–water partition coefficient (Wildman–Crippen LogP) is 0.478. The zero-order chi connectivity index (χ0) is 12.1. The Morgan fingerprint density at radius 2 is 2.25 bits per heavy atom. The Kier molecular flexibility index (Phi) is 3.96. The van der Waals surface area contributed by atoms with Crippen molar-refractivity contribution >= 4 is 11.6 Å². The van der Waals surface area contributed by atoms with Gasteiger partial charge in [0.2, 0.25) is 5.91 Å². The number of carbonyl (C=O) groups is 1. The first-order valence-corrected chi connectivity index (χ1v) is 4.74. The summed E-state index contributed by atoms with van der Waals surface area (Å²) in [5.74, 6) is -0.455. The fourth-order valence-corrected chi connectivity index (χ4v) is 1.38. The van der Waals surface area contributed by atoms with E-state index in [9.17, 15) is 14.9 Å². The van der Waals surface area contributed by atoms with E-state index in [2.05, 4.69) is 5.32 Å². The Hall–Kier alpha value is -1.95. The van der Waals surface area contributed by atoms with Crippen LogP contribution in [0, 0.1) is 17.0 Å². The van der Waals surface area contributed by atoms with Crippen LogP contribution in [0.15, 0.2) is 18.2 Å². The minimum atomic E-state index is -0.455. The Labute approximate surface area is 92.6 Å². The predicted molar refractivity (Wildman–Crippen MR) is 58.7 cm³/mol. The number of hydrogen-bond donors (Lipinski definition) is 2. The molecule has 0 aliphatic heterocycles. The average molecular weight is 223 g/mol. The molecule has 0 spiro atoms. The molecular weight excluding hydrogens is 210 g/mol. The molecule has 16 heavy (non-hydrogen) atoms. The monoisotopic (exact) mass is 223 g/mol. The molecule has 6 heteroatoms. The van der Waals surface area contributed by atoms with E-state index in [0.29, 0.717) is 12.1 Å². The molecule has 1 rings (SSSR count). The van der Waals surface area contributed by atoms with E-state index < -0.39 is 10.8 Å². The molecule has 1 aromatic rings. The second-order valence-electron chi connectivity index (χ2n) is 3.39. The summed E-state index contributed by atoms with van der Waals surface area (Å²) >= 11 is 0. The first-order chi connectivity index (χ1) is 7.52. The van der Waals surface area contributed by atoms with Gasteiger partial charge in [0.15, 0.2) is 0 Å². The van der Waals surface area contributed by atoms with Crippen molar-refractivity contribution in [1.29, 1.82) is 0 Å². The van der Waals surface area contributed by atoms with Crippen molar-refractivity contribution in [3.63, 3.8) is 0 Å². The van der Waals surface area contributed by atoms with Crippen molar-refractivity contribution < 1.29 is 9.72 Å². The second kappa shape index (κ2) is 5.22. The molecule has 0 saturated carbocycles. The SMILES string of the molecule is Cc1c(CNCC(N)=O)cccc1[N+](=O)[O-]. The van der Waals surface area contributed by atoms with Crippen LogP contribution in [-0.4, -0.2) is 17.4 Å². The van der Waals surface area contributed by atoms with Gasteiger partial charge < -0.3 is 11.1 Å². The highest BCUT2D eigenvalue weighted by Gasteiger charge is 2.12. The number of rotatable bonds is 5. The maximum absolute atomic E-state index is 10.7. The first-order valence-electron chi connectivity index (χ1n) is 4.74. The molecule has 6 nitrogen and oxygen atoms in total. The summed E-state index contributed by atoms with van der Waals surface area (Å²) in [5.41, 5.74) is 6.43. The molecule has 0 saturated heterocycles. The Morgan fingerprint density at radius 1 is 1.56 bits per heavy atom. The smallest absolute Gasteiger partial charge is 0.272 e. The number of benzene rings is 1. The maximum Gasteiger partial charge on any atom is 0.272 e. The van der Waals surface area contributed by atoms with E-state index >= 15 is 0 Å². The Balaban J connectivity index is 2.77. The van der Waals surface area contributed by atoms with Crippen LogP contribution in [0.5, 0.6) is 0 Å². The molecule has 3 N–H and O–H groups in total. The molecule has 0 bridgehead atoms. The third kappa shape index (κ3) is 3.03. The molecule has 0 radical (unpaired) electrons. The summed E-state index contributed by atoms with van der Waals surface area (Å²) in [5, 5.41) is 13.5. The number of amides is 1. The normalized spacial score (nSPS) is 10.1. The van der Waals surface area contributed by atoms with Crippen molar-refractivity contribution in [2.45, 2.75) is 13.5 Å². The molecular formula is C10H13N3O3. The van der Waals surface area contributed by atoms with E-state index in [-0.39, 0.29) is 12.2 Å². The molecule has 0 heterocycles. The third-order valence-electron chi connectivity index (χ3n) is 2.23. The van der Waals surface area contributed by atoms with Gasteiger partial charge in [-0.2, -0.15) is 0 Å². The maximum atomic E-state index is 10.7. The van der Waals surface area contributed by atoms with Gasteiger partial charge in [-0.15, -0.1) is 0 Å². The number of nitrogens with zero attached hydrogens (tertiary/aromatic N) is 1. The van der Waals surface area contributed by atoms with Crippen molar-refractivity contribution in [1.82, 2.24) is 5.32 Å². The van der Waals surface area contributed by atoms with Gasteiger partial charge in [0, 0.05) is 18.2 Å². The summed E-state index contributed by atoms with van der Waals surface area (Å²) in [6.07, 6.45) is 0. The Morgan fingerprint density at radius 3 is 2.81 bits per heavy atom. The highest BCUT2D eigenvalue weighted by atomic mass is 16.6. The second-order valence-corrected chi connectivity index (χ2v) is 3.39. The zero-order valence-electron chi connectivity index (χ0n) is 8.90. The number of nitro benzene ring substituents is 1.